The topological polar surface area (TPSA) is 50.7 Å². The summed E-state index contributed by atoms with van der Waals surface area (Å²) in [4.78, 5) is 0. The number of hydrogen-bond donors (Lipinski definition) is 2. The van der Waals surface area contributed by atoms with E-state index in [1.807, 2.05) is 57.2 Å². The lowest BCUT2D eigenvalue weighted by atomic mass is 10.1. The summed E-state index contributed by atoms with van der Waals surface area (Å²) >= 11 is 9.61. The van der Waals surface area contributed by atoms with Crippen LogP contribution < -0.4 is 14.8 Å². The molecule has 142 valence electrons. The van der Waals surface area contributed by atoms with Crippen LogP contribution in [-0.4, -0.2) is 23.9 Å². The average Bonchev–Trinajstić information content (AvgIpc) is 2.60. The second-order valence-corrected chi connectivity index (χ2v) is 7.94. The molecule has 0 aliphatic heterocycles. The van der Waals surface area contributed by atoms with Crippen molar-refractivity contribution in [2.45, 2.75) is 39.5 Å². The Labute approximate surface area is 168 Å². The highest BCUT2D eigenvalue weighted by Crippen LogP contribution is 2.37. The molecule has 2 N–H and O–H groups in total. The molecule has 0 saturated carbocycles. The first-order valence-corrected chi connectivity index (χ1v) is 9.70. The quantitative estimate of drug-likeness (QED) is 0.577. The lowest BCUT2D eigenvalue weighted by Gasteiger charge is -2.24. The van der Waals surface area contributed by atoms with E-state index in [4.69, 9.17) is 21.1 Å². The summed E-state index contributed by atoms with van der Waals surface area (Å²) in [6, 6.07) is 11.5. The Hall–Kier alpha value is -1.27. The van der Waals surface area contributed by atoms with Gasteiger partial charge in [-0.05, 0) is 72.1 Å². The molecule has 0 spiro atoms. The summed E-state index contributed by atoms with van der Waals surface area (Å²) < 4.78 is 12.6. The molecule has 0 fully saturated rings. The molecule has 0 amide bonds. The van der Waals surface area contributed by atoms with E-state index in [0.29, 0.717) is 36.3 Å². The molecular weight excluding hydrogens is 418 g/mol. The van der Waals surface area contributed by atoms with Gasteiger partial charge in [0.2, 0.25) is 0 Å². The summed E-state index contributed by atoms with van der Waals surface area (Å²) in [6.07, 6.45) is 0. The third kappa shape index (κ3) is 6.16. The summed E-state index contributed by atoms with van der Waals surface area (Å²) in [5.74, 6) is 1.35. The van der Waals surface area contributed by atoms with Crippen molar-refractivity contribution in [1.82, 2.24) is 5.32 Å². The van der Waals surface area contributed by atoms with Gasteiger partial charge in [-0.1, -0.05) is 23.7 Å². The van der Waals surface area contributed by atoms with Crippen molar-refractivity contribution in [3.63, 3.8) is 0 Å². The fourth-order valence-electron chi connectivity index (χ4n) is 2.31. The van der Waals surface area contributed by atoms with Gasteiger partial charge in [-0.25, -0.2) is 0 Å². The second kappa shape index (κ2) is 9.60. The number of benzene rings is 2. The van der Waals surface area contributed by atoms with Crippen molar-refractivity contribution >= 4 is 27.5 Å². The maximum Gasteiger partial charge on any atom is 0.175 e. The Bertz CT molecular complexity index is 737. The fourth-order valence-corrected chi connectivity index (χ4v) is 3.12. The molecule has 0 heterocycles. The van der Waals surface area contributed by atoms with Crippen LogP contribution >= 0.6 is 27.5 Å². The molecule has 0 radical (unpaired) electrons. The van der Waals surface area contributed by atoms with E-state index in [2.05, 4.69) is 21.2 Å². The highest BCUT2D eigenvalue weighted by Gasteiger charge is 2.17. The monoisotopic (exact) mass is 441 g/mol. The summed E-state index contributed by atoms with van der Waals surface area (Å²) in [5, 5.41) is 13.4. The van der Waals surface area contributed by atoms with Crippen molar-refractivity contribution in [3.8, 4) is 11.5 Å². The van der Waals surface area contributed by atoms with E-state index in [9.17, 15) is 5.11 Å². The molecule has 0 atom stereocenters. The van der Waals surface area contributed by atoms with Crippen LogP contribution in [0.15, 0.2) is 40.9 Å². The Morgan fingerprint density at radius 1 is 1.15 bits per heavy atom. The predicted molar refractivity (Wildman–Crippen MR) is 109 cm³/mol. The lowest BCUT2D eigenvalue weighted by molar-refractivity contribution is 0.187. The molecule has 2 aromatic carbocycles. The van der Waals surface area contributed by atoms with Crippen LogP contribution in [0.25, 0.3) is 0 Å². The van der Waals surface area contributed by atoms with Gasteiger partial charge in [0, 0.05) is 17.1 Å². The van der Waals surface area contributed by atoms with Gasteiger partial charge in [0.1, 0.15) is 6.61 Å². The Balaban J connectivity index is 2.17. The van der Waals surface area contributed by atoms with Crippen molar-refractivity contribution in [2.24, 2.45) is 0 Å². The lowest BCUT2D eigenvalue weighted by Crippen LogP contribution is -2.42. The second-order valence-electron chi connectivity index (χ2n) is 6.65. The molecule has 0 saturated heterocycles. The van der Waals surface area contributed by atoms with Gasteiger partial charge >= 0.3 is 0 Å². The Kier molecular flexibility index (Phi) is 7.77. The minimum atomic E-state index is -0.347. The first kappa shape index (κ1) is 21.0. The number of ether oxygens (including phenoxy) is 2. The van der Waals surface area contributed by atoms with E-state index >= 15 is 0 Å². The van der Waals surface area contributed by atoms with E-state index < -0.39 is 0 Å². The predicted octanol–water partition coefficient (Wildman–Crippen LogP) is 4.94. The van der Waals surface area contributed by atoms with Crippen LogP contribution in [0.1, 0.15) is 31.9 Å². The number of rotatable bonds is 9. The maximum absolute atomic E-state index is 9.38. The van der Waals surface area contributed by atoms with Crippen LogP contribution in [0.2, 0.25) is 5.02 Å². The minimum Gasteiger partial charge on any atom is -0.490 e. The van der Waals surface area contributed by atoms with Crippen molar-refractivity contribution < 1.29 is 14.6 Å². The number of hydrogen-bond acceptors (Lipinski definition) is 4. The zero-order valence-electron chi connectivity index (χ0n) is 15.3. The van der Waals surface area contributed by atoms with Crippen LogP contribution in [0.5, 0.6) is 11.5 Å². The van der Waals surface area contributed by atoms with Crippen molar-refractivity contribution in [2.75, 3.05) is 13.2 Å². The third-order valence-corrected chi connectivity index (χ3v) is 4.63. The van der Waals surface area contributed by atoms with Gasteiger partial charge in [-0.2, -0.15) is 0 Å². The molecule has 0 aliphatic carbocycles. The Morgan fingerprint density at radius 2 is 1.92 bits per heavy atom. The molecule has 0 aliphatic rings. The van der Waals surface area contributed by atoms with E-state index in [0.717, 1.165) is 15.6 Å². The zero-order chi connectivity index (χ0) is 19.2. The normalized spacial score (nSPS) is 11.5. The standard InChI is InChI=1S/C20H25BrClNO3/c1-4-25-18-10-15(11-23-20(2,3)13-24)9-17(21)19(18)26-12-14-6-5-7-16(22)8-14/h5-10,23-24H,4,11-13H2,1-3H3. The number of halogens is 2. The first-order valence-electron chi connectivity index (χ1n) is 8.53. The first-order chi connectivity index (χ1) is 12.3. The van der Waals surface area contributed by atoms with Crippen LogP contribution in [-0.2, 0) is 13.2 Å². The summed E-state index contributed by atoms with van der Waals surface area (Å²) in [7, 11) is 0. The van der Waals surface area contributed by atoms with Crippen molar-refractivity contribution in [3.05, 3.63) is 57.0 Å². The van der Waals surface area contributed by atoms with Crippen LogP contribution in [0.4, 0.5) is 0 Å². The van der Waals surface area contributed by atoms with Gasteiger partial charge in [0.25, 0.3) is 0 Å². The number of aliphatic hydroxyl groups excluding tert-OH is 1. The number of aliphatic hydroxyl groups is 1. The largest absolute Gasteiger partial charge is 0.490 e. The van der Waals surface area contributed by atoms with Crippen LogP contribution in [0, 0.1) is 0 Å². The van der Waals surface area contributed by atoms with Crippen LogP contribution in [0.3, 0.4) is 0 Å². The zero-order valence-corrected chi connectivity index (χ0v) is 17.7. The van der Waals surface area contributed by atoms with Gasteiger partial charge in [0.15, 0.2) is 11.5 Å². The van der Waals surface area contributed by atoms with E-state index in [1.165, 1.54) is 0 Å². The molecule has 2 rings (SSSR count). The molecule has 2 aromatic rings. The summed E-state index contributed by atoms with van der Waals surface area (Å²) in [6.45, 7) is 7.46. The summed E-state index contributed by atoms with van der Waals surface area (Å²) in [5.41, 5.74) is 1.68. The fraction of sp³-hybridized carbons (Fsp3) is 0.400. The minimum absolute atomic E-state index is 0.0628. The molecule has 26 heavy (non-hydrogen) atoms. The Morgan fingerprint density at radius 3 is 2.58 bits per heavy atom. The van der Waals surface area contributed by atoms with E-state index in [1.54, 1.807) is 0 Å². The number of nitrogens with one attached hydrogen (secondary N) is 1. The molecule has 0 unspecified atom stereocenters. The van der Waals surface area contributed by atoms with Gasteiger partial charge in [0.05, 0.1) is 17.7 Å². The maximum atomic E-state index is 9.38. The molecular formula is C20H25BrClNO3. The molecule has 6 heteroatoms. The smallest absolute Gasteiger partial charge is 0.175 e. The molecule has 0 bridgehead atoms. The highest BCUT2D eigenvalue weighted by atomic mass is 79.9. The third-order valence-electron chi connectivity index (χ3n) is 3.81. The average molecular weight is 443 g/mol. The SMILES string of the molecule is CCOc1cc(CNC(C)(C)CO)cc(Br)c1OCc1cccc(Cl)c1. The van der Waals surface area contributed by atoms with E-state index in [-0.39, 0.29) is 12.1 Å². The highest BCUT2D eigenvalue weighted by molar-refractivity contribution is 9.10. The van der Waals surface area contributed by atoms with Crippen molar-refractivity contribution in [1.29, 1.82) is 0 Å². The molecule has 4 nitrogen and oxygen atoms in total. The van der Waals surface area contributed by atoms with Gasteiger partial charge in [-0.15, -0.1) is 0 Å². The van der Waals surface area contributed by atoms with Gasteiger partial charge < -0.3 is 19.9 Å². The molecule has 0 aromatic heterocycles. The van der Waals surface area contributed by atoms with Gasteiger partial charge in [-0.3, -0.25) is 0 Å².